The number of anilines is 2. The number of likely N-dealkylation sites (tertiary alicyclic amines) is 1. The predicted molar refractivity (Wildman–Crippen MR) is 141 cm³/mol. The van der Waals surface area contributed by atoms with Crippen LogP contribution in [0.2, 0.25) is 0 Å². The van der Waals surface area contributed by atoms with Gasteiger partial charge >= 0.3 is 6.18 Å². The number of alkyl halides is 3. The van der Waals surface area contributed by atoms with Crippen LogP contribution < -0.4 is 11.1 Å². The number of nitrogens with two attached hydrogens (primary N) is 1. The Labute approximate surface area is 219 Å². The molecule has 0 saturated carbocycles. The molecule has 200 valence electrons. The molecular weight excluding hydrogens is 493 g/mol. The van der Waals surface area contributed by atoms with E-state index in [4.69, 9.17) is 11.1 Å². The van der Waals surface area contributed by atoms with Crippen molar-refractivity contribution in [3.63, 3.8) is 0 Å². The van der Waals surface area contributed by atoms with Crippen molar-refractivity contribution in [3.8, 4) is 5.82 Å². The van der Waals surface area contributed by atoms with Crippen molar-refractivity contribution in [1.29, 1.82) is 5.41 Å². The molecule has 1 saturated heterocycles. The van der Waals surface area contributed by atoms with Crippen molar-refractivity contribution in [1.82, 2.24) is 24.6 Å². The van der Waals surface area contributed by atoms with E-state index in [1.165, 1.54) is 43.1 Å². The molecule has 4 N–H and O–H groups in total. The molecule has 0 radical (unpaired) electrons. The molecule has 1 atom stereocenters. The Hall–Kier alpha value is -3.73. The SMILES string of the molecule is C/C(C=N)=C(/N)c1cccc(-n2nc(C(F)(F)F)nc2Nc2ccc3c(c2)CCC(N2CCCC2)CC3)n1. The van der Waals surface area contributed by atoms with E-state index in [1.807, 2.05) is 12.1 Å². The van der Waals surface area contributed by atoms with Crippen molar-refractivity contribution in [2.24, 2.45) is 5.73 Å². The van der Waals surface area contributed by atoms with Crippen molar-refractivity contribution in [3.05, 3.63) is 64.6 Å². The maximum atomic E-state index is 13.6. The van der Waals surface area contributed by atoms with Crippen molar-refractivity contribution in [2.75, 3.05) is 18.4 Å². The smallest absolute Gasteiger partial charge is 0.397 e. The Morgan fingerprint density at radius 1 is 1.08 bits per heavy atom. The number of hydrogen-bond donors (Lipinski definition) is 3. The molecule has 3 aromatic rings. The molecule has 1 fully saturated rings. The number of benzene rings is 1. The third-order valence-electron chi connectivity index (χ3n) is 7.34. The summed E-state index contributed by atoms with van der Waals surface area (Å²) in [5.41, 5.74) is 10.3. The van der Waals surface area contributed by atoms with Crippen LogP contribution in [0.4, 0.5) is 24.8 Å². The standard InChI is InChI=1S/C27H31F3N8/c1-17(16-31)24(32)22-5-4-6-23(34-22)38-26(35-25(36-38)27(28,29)30)33-20-10-7-18-8-11-21(12-9-19(18)15-20)37-13-2-3-14-37/h4-7,10,15-16,21,31H,2-3,8-9,11-14,32H2,1H3,(H,33,35,36)/b24-17-,31-16?. The van der Waals surface area contributed by atoms with Gasteiger partial charge in [-0.05, 0) is 99.5 Å². The summed E-state index contributed by atoms with van der Waals surface area (Å²) >= 11 is 0. The van der Waals surface area contributed by atoms with E-state index in [0.717, 1.165) is 36.6 Å². The van der Waals surface area contributed by atoms with Gasteiger partial charge < -0.3 is 21.4 Å². The zero-order chi connectivity index (χ0) is 26.9. The van der Waals surface area contributed by atoms with Crippen LogP contribution in [0, 0.1) is 5.41 Å². The third-order valence-corrected chi connectivity index (χ3v) is 7.34. The Balaban J connectivity index is 1.45. The topological polar surface area (TPSA) is 109 Å². The molecule has 5 rings (SSSR count). The largest absolute Gasteiger partial charge is 0.453 e. The van der Waals surface area contributed by atoms with Gasteiger partial charge in [0.15, 0.2) is 5.82 Å². The van der Waals surface area contributed by atoms with Gasteiger partial charge in [0, 0.05) is 17.9 Å². The molecule has 3 heterocycles. The van der Waals surface area contributed by atoms with Crippen molar-refractivity contribution < 1.29 is 13.2 Å². The number of fused-ring (bicyclic) bond motifs is 1. The maximum Gasteiger partial charge on any atom is 0.453 e. The van der Waals surface area contributed by atoms with E-state index in [-0.39, 0.29) is 17.5 Å². The molecular formula is C27H31F3N8. The third kappa shape index (κ3) is 5.42. The summed E-state index contributed by atoms with van der Waals surface area (Å²) in [6, 6.07) is 11.3. The molecule has 2 aliphatic rings. The number of nitrogens with zero attached hydrogens (tertiary/aromatic N) is 5. The Morgan fingerprint density at radius 3 is 2.53 bits per heavy atom. The lowest BCUT2D eigenvalue weighted by atomic mass is 10.0. The van der Waals surface area contributed by atoms with Crippen LogP contribution in [0.25, 0.3) is 11.5 Å². The number of hydrogen-bond acceptors (Lipinski definition) is 7. The molecule has 0 spiro atoms. The lowest BCUT2D eigenvalue weighted by Crippen LogP contribution is -2.32. The number of rotatable bonds is 6. The van der Waals surface area contributed by atoms with E-state index >= 15 is 0 Å². The van der Waals surface area contributed by atoms with E-state index < -0.39 is 12.0 Å². The number of aryl methyl sites for hydroxylation is 2. The van der Waals surface area contributed by atoms with Crippen molar-refractivity contribution in [2.45, 2.75) is 57.7 Å². The van der Waals surface area contributed by atoms with Gasteiger partial charge in [-0.3, -0.25) is 0 Å². The Morgan fingerprint density at radius 2 is 1.82 bits per heavy atom. The minimum atomic E-state index is -4.73. The second-order valence-corrected chi connectivity index (χ2v) is 9.87. The number of halogens is 3. The number of nitrogens with one attached hydrogen (secondary N) is 2. The van der Waals surface area contributed by atoms with Crippen LogP contribution in [0.3, 0.4) is 0 Å². The highest BCUT2D eigenvalue weighted by atomic mass is 19.4. The highest BCUT2D eigenvalue weighted by Gasteiger charge is 2.37. The number of allylic oxidation sites excluding steroid dienone is 1. The molecule has 2 aromatic heterocycles. The molecule has 1 aliphatic heterocycles. The summed E-state index contributed by atoms with van der Waals surface area (Å²) in [7, 11) is 0. The number of pyridine rings is 1. The lowest BCUT2D eigenvalue weighted by Gasteiger charge is -2.25. The quantitative estimate of drug-likeness (QED) is 0.306. The normalized spacial score (nSPS) is 19.0. The summed E-state index contributed by atoms with van der Waals surface area (Å²) in [5.74, 6) is -1.25. The average molecular weight is 525 g/mol. The highest BCUT2D eigenvalue weighted by molar-refractivity contribution is 5.87. The molecule has 1 aliphatic carbocycles. The van der Waals surface area contributed by atoms with Crippen LogP contribution in [0.5, 0.6) is 0 Å². The second kappa shape index (κ2) is 10.6. The first-order valence-electron chi connectivity index (χ1n) is 12.8. The molecule has 0 bridgehead atoms. The lowest BCUT2D eigenvalue weighted by molar-refractivity contribution is -0.144. The minimum Gasteiger partial charge on any atom is -0.397 e. The molecule has 8 nitrogen and oxygen atoms in total. The second-order valence-electron chi connectivity index (χ2n) is 9.87. The first kappa shape index (κ1) is 25.9. The van der Waals surface area contributed by atoms with Gasteiger partial charge in [0.2, 0.25) is 5.95 Å². The molecule has 0 amide bonds. The average Bonchev–Trinajstić information content (AvgIpc) is 3.55. The fraction of sp³-hybridized carbons (Fsp3) is 0.407. The van der Waals surface area contributed by atoms with Gasteiger partial charge in [0.05, 0.1) is 11.4 Å². The highest BCUT2D eigenvalue weighted by Crippen LogP contribution is 2.31. The van der Waals surface area contributed by atoms with E-state index in [9.17, 15) is 13.2 Å². The van der Waals surface area contributed by atoms with Gasteiger partial charge in [0.25, 0.3) is 5.82 Å². The van der Waals surface area contributed by atoms with Gasteiger partial charge in [-0.15, -0.1) is 5.10 Å². The summed E-state index contributed by atoms with van der Waals surface area (Å²) < 4.78 is 41.8. The molecule has 38 heavy (non-hydrogen) atoms. The maximum absolute atomic E-state index is 13.6. The first-order valence-corrected chi connectivity index (χ1v) is 12.8. The molecule has 1 aromatic carbocycles. The van der Waals surface area contributed by atoms with Gasteiger partial charge in [0.1, 0.15) is 0 Å². The summed E-state index contributed by atoms with van der Waals surface area (Å²) in [5, 5.41) is 14.2. The van der Waals surface area contributed by atoms with E-state index in [2.05, 4.69) is 31.3 Å². The zero-order valence-electron chi connectivity index (χ0n) is 21.2. The van der Waals surface area contributed by atoms with Crippen molar-refractivity contribution >= 4 is 23.5 Å². The van der Waals surface area contributed by atoms with Crippen LogP contribution in [-0.4, -0.2) is 50.0 Å². The summed E-state index contributed by atoms with van der Waals surface area (Å²) in [6.45, 7) is 4.00. The first-order chi connectivity index (χ1) is 18.2. The minimum absolute atomic E-state index is 0.100. The van der Waals surface area contributed by atoms with Crippen LogP contribution in [-0.2, 0) is 19.0 Å². The van der Waals surface area contributed by atoms with Crippen LogP contribution >= 0.6 is 0 Å². The monoisotopic (exact) mass is 524 g/mol. The Kier molecular flexibility index (Phi) is 7.20. The van der Waals surface area contributed by atoms with Gasteiger partial charge in [-0.1, -0.05) is 12.1 Å². The molecule has 1 unspecified atom stereocenters. The Bertz CT molecular complexity index is 1350. The fourth-order valence-electron chi connectivity index (χ4n) is 5.21. The fourth-order valence-corrected chi connectivity index (χ4v) is 5.21. The predicted octanol–water partition coefficient (Wildman–Crippen LogP) is 5.11. The van der Waals surface area contributed by atoms with Crippen LogP contribution in [0.1, 0.15) is 55.3 Å². The number of aromatic nitrogens is 4. The van der Waals surface area contributed by atoms with E-state index in [0.29, 0.717) is 23.0 Å². The van der Waals surface area contributed by atoms with Crippen LogP contribution in [0.15, 0.2) is 42.0 Å². The van der Waals surface area contributed by atoms with Gasteiger partial charge in [-0.2, -0.15) is 22.8 Å². The summed E-state index contributed by atoms with van der Waals surface area (Å²) in [4.78, 5) is 10.8. The van der Waals surface area contributed by atoms with E-state index in [1.54, 1.807) is 19.1 Å². The molecule has 11 heteroatoms. The van der Waals surface area contributed by atoms with Gasteiger partial charge in [-0.25, -0.2) is 4.98 Å². The summed E-state index contributed by atoms with van der Waals surface area (Å²) in [6.07, 6.45) is 3.01. The zero-order valence-corrected chi connectivity index (χ0v) is 21.2.